The number of hydrogen-bond donors (Lipinski definition) is 3. The van der Waals surface area contributed by atoms with Crippen molar-refractivity contribution in [3.05, 3.63) is 47.2 Å². The third-order valence-corrected chi connectivity index (χ3v) is 3.89. The number of esters is 1. The van der Waals surface area contributed by atoms with E-state index in [1.807, 2.05) is 35.6 Å². The molecule has 0 radical (unpaired) electrons. The van der Waals surface area contributed by atoms with E-state index in [9.17, 15) is 9.59 Å². The van der Waals surface area contributed by atoms with Crippen LogP contribution in [-0.4, -0.2) is 45.4 Å². The van der Waals surface area contributed by atoms with Gasteiger partial charge in [0.15, 0.2) is 0 Å². The maximum atomic E-state index is 12.5. The van der Waals surface area contributed by atoms with Crippen molar-refractivity contribution in [3.63, 3.8) is 0 Å². The van der Waals surface area contributed by atoms with Gasteiger partial charge in [-0.15, -0.1) is 0 Å². The summed E-state index contributed by atoms with van der Waals surface area (Å²) in [5.74, 6) is -0.413. The van der Waals surface area contributed by atoms with Crippen LogP contribution in [0.25, 0.3) is 0 Å². The number of urea groups is 1. The van der Waals surface area contributed by atoms with Gasteiger partial charge in [-0.25, -0.2) is 9.59 Å². The second kappa shape index (κ2) is 9.80. The molecule has 0 saturated carbocycles. The summed E-state index contributed by atoms with van der Waals surface area (Å²) >= 11 is 0. The van der Waals surface area contributed by atoms with E-state index < -0.39 is 12.0 Å². The molecule has 2 rings (SSSR count). The number of rotatable bonds is 9. The van der Waals surface area contributed by atoms with Crippen LogP contribution >= 0.6 is 0 Å². The van der Waals surface area contributed by atoms with Crippen LogP contribution in [0.4, 0.5) is 4.79 Å². The second-order valence-electron chi connectivity index (χ2n) is 5.68. The standard InChI is InChI=1S/C18H25N3O4/c1-3-25-17(22)15-14(12-19-10-7-11-24-2)20-18(23)21-16(15)13-8-5-4-6-9-13/h4-6,8-9,16,19H,3,7,10-12H2,1-2H3,(H2,20,21,23)/p+1/t16-/m1/s1. The van der Waals surface area contributed by atoms with Gasteiger partial charge in [-0.2, -0.15) is 0 Å². The quantitative estimate of drug-likeness (QED) is 0.446. The molecule has 1 heterocycles. The number of ether oxygens (including phenoxy) is 2. The van der Waals surface area contributed by atoms with Gasteiger partial charge in [0.25, 0.3) is 0 Å². The number of amides is 2. The second-order valence-corrected chi connectivity index (χ2v) is 5.68. The third-order valence-electron chi connectivity index (χ3n) is 3.89. The Morgan fingerprint density at radius 3 is 2.72 bits per heavy atom. The molecule has 0 saturated heterocycles. The molecule has 2 amide bonds. The first-order chi connectivity index (χ1) is 12.2. The van der Waals surface area contributed by atoms with Crippen molar-refractivity contribution < 1.29 is 24.4 Å². The van der Waals surface area contributed by atoms with Crippen LogP contribution in [-0.2, 0) is 14.3 Å². The SMILES string of the molecule is CCOC(=O)C1=C(C[NH2+]CCCOC)NC(=O)N[C@@H]1c1ccccc1. The normalized spacial score (nSPS) is 17.0. The minimum absolute atomic E-state index is 0.280. The molecule has 7 nitrogen and oxygen atoms in total. The van der Waals surface area contributed by atoms with Gasteiger partial charge >= 0.3 is 12.0 Å². The van der Waals surface area contributed by atoms with E-state index in [4.69, 9.17) is 9.47 Å². The molecular formula is C18H26N3O4+. The lowest BCUT2D eigenvalue weighted by molar-refractivity contribution is -0.648. The Bertz CT molecular complexity index is 616. The van der Waals surface area contributed by atoms with Crippen LogP contribution < -0.4 is 16.0 Å². The average molecular weight is 348 g/mol. The van der Waals surface area contributed by atoms with Gasteiger partial charge in [-0.1, -0.05) is 30.3 Å². The van der Waals surface area contributed by atoms with Crippen LogP contribution in [0.2, 0.25) is 0 Å². The number of benzene rings is 1. The highest BCUT2D eigenvalue weighted by molar-refractivity contribution is 5.95. The van der Waals surface area contributed by atoms with Gasteiger partial charge in [0.2, 0.25) is 0 Å². The van der Waals surface area contributed by atoms with Crippen molar-refractivity contribution in [2.45, 2.75) is 19.4 Å². The highest BCUT2D eigenvalue weighted by atomic mass is 16.5. The maximum absolute atomic E-state index is 12.5. The van der Waals surface area contributed by atoms with Crippen molar-refractivity contribution in [2.24, 2.45) is 0 Å². The summed E-state index contributed by atoms with van der Waals surface area (Å²) in [6.07, 6.45) is 0.896. The summed E-state index contributed by atoms with van der Waals surface area (Å²) in [4.78, 5) is 24.6. The predicted octanol–water partition coefficient (Wildman–Crippen LogP) is 0.458. The maximum Gasteiger partial charge on any atom is 0.338 e. The van der Waals surface area contributed by atoms with E-state index in [1.165, 1.54) is 0 Å². The number of hydrogen-bond acceptors (Lipinski definition) is 4. The van der Waals surface area contributed by atoms with Gasteiger partial charge in [0.05, 0.1) is 37.1 Å². The van der Waals surface area contributed by atoms with E-state index in [-0.39, 0.29) is 12.6 Å². The van der Waals surface area contributed by atoms with Gasteiger partial charge in [-0.05, 0) is 12.5 Å². The number of carbonyl (C=O) groups excluding carboxylic acids is 2. The third kappa shape index (κ3) is 5.30. The zero-order valence-electron chi connectivity index (χ0n) is 14.7. The first kappa shape index (κ1) is 19.0. The van der Waals surface area contributed by atoms with E-state index >= 15 is 0 Å². The van der Waals surface area contributed by atoms with Crippen LogP contribution in [0.1, 0.15) is 24.9 Å². The molecule has 136 valence electrons. The smallest absolute Gasteiger partial charge is 0.338 e. The summed E-state index contributed by atoms with van der Waals surface area (Å²) in [5.41, 5.74) is 1.89. The summed E-state index contributed by atoms with van der Waals surface area (Å²) in [7, 11) is 1.67. The fraction of sp³-hybridized carbons (Fsp3) is 0.444. The van der Waals surface area contributed by atoms with Gasteiger partial charge in [0, 0.05) is 13.5 Å². The minimum atomic E-state index is -0.517. The van der Waals surface area contributed by atoms with Crippen molar-refractivity contribution in [3.8, 4) is 0 Å². The van der Waals surface area contributed by atoms with Gasteiger partial charge in [-0.3, -0.25) is 0 Å². The molecule has 0 aromatic heterocycles. The average Bonchev–Trinajstić information content (AvgIpc) is 2.62. The number of nitrogens with one attached hydrogen (secondary N) is 2. The fourth-order valence-corrected chi connectivity index (χ4v) is 2.74. The van der Waals surface area contributed by atoms with E-state index in [2.05, 4.69) is 10.6 Å². The molecule has 1 aromatic rings. The van der Waals surface area contributed by atoms with Gasteiger partial charge < -0.3 is 25.4 Å². The molecule has 0 spiro atoms. The lowest BCUT2D eigenvalue weighted by atomic mass is 9.95. The molecule has 25 heavy (non-hydrogen) atoms. The Labute approximate surface area is 147 Å². The molecule has 1 atom stereocenters. The Morgan fingerprint density at radius 2 is 2.04 bits per heavy atom. The Kier molecular flexibility index (Phi) is 7.43. The first-order valence-electron chi connectivity index (χ1n) is 8.50. The van der Waals surface area contributed by atoms with Crippen LogP contribution in [0, 0.1) is 0 Å². The fourth-order valence-electron chi connectivity index (χ4n) is 2.74. The zero-order valence-corrected chi connectivity index (χ0v) is 14.7. The Balaban J connectivity index is 2.25. The molecule has 0 fully saturated rings. The van der Waals surface area contributed by atoms with E-state index in [1.54, 1.807) is 14.0 Å². The number of nitrogens with two attached hydrogens (primary N) is 1. The van der Waals surface area contributed by atoms with E-state index in [0.29, 0.717) is 24.4 Å². The number of carbonyl (C=O) groups is 2. The van der Waals surface area contributed by atoms with Gasteiger partial charge in [0.1, 0.15) is 6.54 Å². The van der Waals surface area contributed by atoms with Crippen LogP contribution in [0.3, 0.4) is 0 Å². The Hall–Kier alpha value is -2.38. The van der Waals surface area contributed by atoms with Crippen LogP contribution in [0.15, 0.2) is 41.6 Å². The summed E-state index contributed by atoms with van der Waals surface area (Å²) in [6.45, 7) is 4.06. The Morgan fingerprint density at radius 1 is 1.28 bits per heavy atom. The van der Waals surface area contributed by atoms with Crippen LogP contribution in [0.5, 0.6) is 0 Å². The topological polar surface area (TPSA) is 93.3 Å². The molecular weight excluding hydrogens is 322 g/mol. The molecule has 1 aliphatic rings. The van der Waals surface area contributed by atoms with Crippen molar-refractivity contribution in [1.82, 2.24) is 10.6 Å². The van der Waals surface area contributed by atoms with Crippen molar-refractivity contribution >= 4 is 12.0 Å². The number of quaternary nitrogens is 1. The molecule has 7 heteroatoms. The summed E-state index contributed by atoms with van der Waals surface area (Å²) in [5, 5.41) is 7.63. The molecule has 4 N–H and O–H groups in total. The van der Waals surface area contributed by atoms with E-state index in [0.717, 1.165) is 18.5 Å². The molecule has 0 bridgehead atoms. The zero-order chi connectivity index (χ0) is 18.1. The molecule has 1 aliphatic heterocycles. The number of methoxy groups -OCH3 is 1. The monoisotopic (exact) mass is 348 g/mol. The lowest BCUT2D eigenvalue weighted by Crippen LogP contribution is -2.85. The molecule has 0 aliphatic carbocycles. The largest absolute Gasteiger partial charge is 0.463 e. The molecule has 1 aromatic carbocycles. The molecule has 0 unspecified atom stereocenters. The summed E-state index contributed by atoms with van der Waals surface area (Å²) in [6, 6.07) is 8.58. The first-order valence-corrected chi connectivity index (χ1v) is 8.50. The van der Waals surface area contributed by atoms with Crippen molar-refractivity contribution in [2.75, 3.05) is 33.4 Å². The summed E-state index contributed by atoms with van der Waals surface area (Å²) < 4.78 is 10.3. The van der Waals surface area contributed by atoms with Crippen molar-refractivity contribution in [1.29, 1.82) is 0 Å². The lowest BCUT2D eigenvalue weighted by Gasteiger charge is -2.28. The highest BCUT2D eigenvalue weighted by Crippen LogP contribution is 2.27. The highest BCUT2D eigenvalue weighted by Gasteiger charge is 2.34. The predicted molar refractivity (Wildman–Crippen MR) is 92.7 cm³/mol. The minimum Gasteiger partial charge on any atom is -0.463 e.